The summed E-state index contributed by atoms with van der Waals surface area (Å²) in [4.78, 5) is 8.86. The number of nitrogens with zero attached hydrogens (tertiary/aromatic N) is 3. The molecule has 0 fully saturated rings. The lowest BCUT2D eigenvalue weighted by Gasteiger charge is -2.06. The first kappa shape index (κ1) is 12.4. The number of fused-ring (bicyclic) bond motifs is 1. The lowest BCUT2D eigenvalue weighted by molar-refractivity contribution is 0.174. The minimum Gasteiger partial charge on any atom is -0.454 e. The van der Waals surface area contributed by atoms with E-state index in [4.69, 9.17) is 14.7 Å². The molecule has 0 N–H and O–H groups in total. The fourth-order valence-electron chi connectivity index (χ4n) is 2.11. The summed E-state index contributed by atoms with van der Waals surface area (Å²) in [5.74, 6) is 2.18. The lowest BCUT2D eigenvalue weighted by atomic mass is 10.1. The Morgan fingerprint density at radius 3 is 2.90 bits per heavy atom. The van der Waals surface area contributed by atoms with Crippen LogP contribution in [0.2, 0.25) is 0 Å². The normalized spacial score (nSPS) is 12.2. The zero-order chi connectivity index (χ0) is 13.9. The molecule has 1 aliphatic heterocycles. The molecule has 0 saturated carbocycles. The fraction of sp³-hybridized carbons (Fsp3) is 0.267. The maximum atomic E-state index is 8.65. The molecule has 1 aromatic heterocycles. The van der Waals surface area contributed by atoms with Crippen molar-refractivity contribution in [2.45, 2.75) is 19.8 Å². The molecule has 3 rings (SSSR count). The van der Waals surface area contributed by atoms with Crippen LogP contribution < -0.4 is 9.47 Å². The maximum Gasteiger partial charge on any atom is 0.231 e. The van der Waals surface area contributed by atoms with Crippen LogP contribution in [0.15, 0.2) is 24.3 Å². The van der Waals surface area contributed by atoms with Gasteiger partial charge in [-0.3, -0.25) is 0 Å². The highest BCUT2D eigenvalue weighted by Crippen LogP contribution is 2.35. The summed E-state index contributed by atoms with van der Waals surface area (Å²) in [6.45, 7) is 2.18. The molecule has 5 nitrogen and oxygen atoms in total. The number of rotatable bonds is 3. The molecule has 0 amide bonds. The summed E-state index contributed by atoms with van der Waals surface area (Å²) in [7, 11) is 0. The molecule has 2 heterocycles. The molecule has 0 aliphatic carbocycles. The van der Waals surface area contributed by atoms with Crippen molar-refractivity contribution in [3.05, 3.63) is 35.8 Å². The Hall–Kier alpha value is -2.61. The highest BCUT2D eigenvalue weighted by Gasteiger charge is 2.14. The van der Waals surface area contributed by atoms with Gasteiger partial charge in [0.05, 0.1) is 11.8 Å². The van der Waals surface area contributed by atoms with Gasteiger partial charge in [0.2, 0.25) is 6.79 Å². The predicted molar refractivity (Wildman–Crippen MR) is 72.3 cm³/mol. The van der Waals surface area contributed by atoms with Crippen molar-refractivity contribution in [1.82, 2.24) is 9.97 Å². The molecule has 0 bridgehead atoms. The van der Waals surface area contributed by atoms with Crippen LogP contribution in [0.5, 0.6) is 11.5 Å². The van der Waals surface area contributed by atoms with Crippen LogP contribution in [0.25, 0.3) is 11.3 Å². The van der Waals surface area contributed by atoms with Gasteiger partial charge in [0.15, 0.2) is 11.5 Å². The molecule has 100 valence electrons. The van der Waals surface area contributed by atoms with Crippen LogP contribution in [0.3, 0.4) is 0 Å². The average molecular weight is 267 g/mol. The van der Waals surface area contributed by atoms with Gasteiger partial charge in [0, 0.05) is 24.1 Å². The van der Waals surface area contributed by atoms with Gasteiger partial charge in [-0.2, -0.15) is 5.26 Å². The molecule has 5 heteroatoms. The van der Waals surface area contributed by atoms with E-state index in [0.29, 0.717) is 18.7 Å². The van der Waals surface area contributed by atoms with Crippen molar-refractivity contribution >= 4 is 0 Å². The predicted octanol–water partition coefficient (Wildman–Crippen LogP) is 2.64. The first-order valence-electron chi connectivity index (χ1n) is 6.38. The molecule has 1 aliphatic rings. The molecule has 0 radical (unpaired) electrons. The van der Waals surface area contributed by atoms with Crippen LogP contribution in [-0.2, 0) is 6.42 Å². The molecule has 20 heavy (non-hydrogen) atoms. The first-order chi connectivity index (χ1) is 9.76. The molecule has 1 aromatic carbocycles. The van der Waals surface area contributed by atoms with Crippen LogP contribution in [0, 0.1) is 18.3 Å². The third-order valence-corrected chi connectivity index (χ3v) is 3.03. The summed E-state index contributed by atoms with van der Waals surface area (Å²) in [5.41, 5.74) is 2.68. The van der Waals surface area contributed by atoms with E-state index in [1.54, 1.807) is 0 Å². The Bertz CT molecular complexity index is 692. The second-order valence-corrected chi connectivity index (χ2v) is 4.54. The van der Waals surface area contributed by atoms with Gasteiger partial charge in [0.1, 0.15) is 5.82 Å². The van der Waals surface area contributed by atoms with E-state index in [1.807, 2.05) is 31.2 Å². The maximum absolute atomic E-state index is 8.65. The van der Waals surface area contributed by atoms with Gasteiger partial charge in [0.25, 0.3) is 0 Å². The molecule has 0 spiro atoms. The largest absolute Gasteiger partial charge is 0.454 e. The zero-order valence-electron chi connectivity index (χ0n) is 11.1. The minimum atomic E-state index is 0.259. The van der Waals surface area contributed by atoms with Gasteiger partial charge in [-0.05, 0) is 31.2 Å². The summed E-state index contributed by atoms with van der Waals surface area (Å²) in [6.07, 6.45) is 0.986. The summed E-state index contributed by atoms with van der Waals surface area (Å²) < 4.78 is 10.7. The SMILES string of the molecule is Cc1cc(-c2ccc3c(c2)OCO3)nc(CCC#N)n1. The number of aryl methyl sites for hydroxylation is 2. The summed E-state index contributed by atoms with van der Waals surface area (Å²) >= 11 is 0. The number of hydrogen-bond donors (Lipinski definition) is 0. The van der Waals surface area contributed by atoms with Crippen LogP contribution in [-0.4, -0.2) is 16.8 Å². The van der Waals surface area contributed by atoms with Gasteiger partial charge >= 0.3 is 0 Å². The smallest absolute Gasteiger partial charge is 0.231 e. The van der Waals surface area contributed by atoms with E-state index in [9.17, 15) is 0 Å². The molecule has 0 saturated heterocycles. The summed E-state index contributed by atoms with van der Waals surface area (Å²) in [6, 6.07) is 9.78. The van der Waals surface area contributed by atoms with Crippen molar-refractivity contribution in [1.29, 1.82) is 5.26 Å². The standard InChI is InChI=1S/C15H13N3O2/c1-10-7-12(18-15(17-10)3-2-6-16)11-4-5-13-14(8-11)20-9-19-13/h4-5,7-8H,2-3,9H2,1H3. The van der Waals surface area contributed by atoms with Crippen LogP contribution >= 0.6 is 0 Å². The number of aromatic nitrogens is 2. The zero-order valence-corrected chi connectivity index (χ0v) is 11.1. The Kier molecular flexibility index (Phi) is 3.21. The van der Waals surface area contributed by atoms with Crippen molar-refractivity contribution < 1.29 is 9.47 Å². The Morgan fingerprint density at radius 1 is 1.20 bits per heavy atom. The van der Waals surface area contributed by atoms with E-state index < -0.39 is 0 Å². The number of hydrogen-bond acceptors (Lipinski definition) is 5. The highest BCUT2D eigenvalue weighted by molar-refractivity contribution is 5.64. The highest BCUT2D eigenvalue weighted by atomic mass is 16.7. The Morgan fingerprint density at radius 2 is 2.05 bits per heavy atom. The van der Waals surface area contributed by atoms with Gasteiger partial charge in [-0.15, -0.1) is 0 Å². The van der Waals surface area contributed by atoms with Crippen LogP contribution in [0.1, 0.15) is 17.9 Å². The Balaban J connectivity index is 1.97. The summed E-state index contributed by atoms with van der Waals surface area (Å²) in [5, 5.41) is 8.65. The van der Waals surface area contributed by atoms with Crippen LogP contribution in [0.4, 0.5) is 0 Å². The molecular weight excluding hydrogens is 254 g/mol. The molecule has 0 atom stereocenters. The first-order valence-corrected chi connectivity index (χ1v) is 6.38. The molecular formula is C15H13N3O2. The van der Waals surface area contributed by atoms with E-state index in [0.717, 1.165) is 28.5 Å². The second kappa shape index (κ2) is 5.17. The fourth-order valence-corrected chi connectivity index (χ4v) is 2.11. The van der Waals surface area contributed by atoms with Crippen molar-refractivity contribution in [2.24, 2.45) is 0 Å². The minimum absolute atomic E-state index is 0.259. The second-order valence-electron chi connectivity index (χ2n) is 4.54. The number of ether oxygens (including phenoxy) is 2. The van der Waals surface area contributed by atoms with Crippen molar-refractivity contribution in [3.8, 4) is 28.8 Å². The number of benzene rings is 1. The van der Waals surface area contributed by atoms with E-state index >= 15 is 0 Å². The third-order valence-electron chi connectivity index (χ3n) is 3.03. The quantitative estimate of drug-likeness (QED) is 0.855. The van der Waals surface area contributed by atoms with Crippen molar-refractivity contribution in [3.63, 3.8) is 0 Å². The Labute approximate surface area is 116 Å². The topological polar surface area (TPSA) is 68.0 Å². The monoisotopic (exact) mass is 267 g/mol. The molecule has 0 unspecified atom stereocenters. The average Bonchev–Trinajstić information content (AvgIpc) is 2.92. The number of nitriles is 1. The lowest BCUT2D eigenvalue weighted by Crippen LogP contribution is -1.99. The van der Waals surface area contributed by atoms with E-state index in [1.165, 1.54) is 0 Å². The third kappa shape index (κ3) is 2.41. The van der Waals surface area contributed by atoms with Gasteiger partial charge < -0.3 is 9.47 Å². The van der Waals surface area contributed by atoms with Gasteiger partial charge in [-0.1, -0.05) is 0 Å². The van der Waals surface area contributed by atoms with E-state index in [-0.39, 0.29) is 6.79 Å². The molecule has 2 aromatic rings. The van der Waals surface area contributed by atoms with Gasteiger partial charge in [-0.25, -0.2) is 9.97 Å². The van der Waals surface area contributed by atoms with E-state index in [2.05, 4.69) is 16.0 Å². The van der Waals surface area contributed by atoms with Crippen molar-refractivity contribution in [2.75, 3.05) is 6.79 Å².